The molecule has 1 aliphatic heterocycles. The van der Waals surface area contributed by atoms with E-state index in [1.54, 1.807) is 13.1 Å². The van der Waals surface area contributed by atoms with Crippen LogP contribution in [0, 0.1) is 6.92 Å². The number of hydrogen-bond donors (Lipinski definition) is 1. The highest BCUT2D eigenvalue weighted by atomic mass is 16.1. The van der Waals surface area contributed by atoms with E-state index in [2.05, 4.69) is 57.6 Å². The largest absolute Gasteiger partial charge is 0.353 e. The van der Waals surface area contributed by atoms with Crippen molar-refractivity contribution in [3.05, 3.63) is 53.3 Å². The SMILES string of the molecule is CC(=O)c1cnc(NCC2(c3ccccc3)CCN(C)CC2)nc1C. The quantitative estimate of drug-likeness (QED) is 0.849. The van der Waals surface area contributed by atoms with Gasteiger partial charge in [0.1, 0.15) is 0 Å². The lowest BCUT2D eigenvalue weighted by Gasteiger charge is -2.41. The summed E-state index contributed by atoms with van der Waals surface area (Å²) in [6.07, 6.45) is 3.83. The van der Waals surface area contributed by atoms with Crippen LogP contribution in [-0.4, -0.2) is 47.3 Å². The summed E-state index contributed by atoms with van der Waals surface area (Å²) >= 11 is 0. The lowest BCUT2D eigenvalue weighted by Crippen LogP contribution is -2.45. The Morgan fingerprint density at radius 3 is 2.52 bits per heavy atom. The fraction of sp³-hybridized carbons (Fsp3) is 0.450. The monoisotopic (exact) mass is 338 g/mol. The molecule has 5 nitrogen and oxygen atoms in total. The molecule has 132 valence electrons. The highest BCUT2D eigenvalue weighted by Crippen LogP contribution is 2.35. The molecule has 0 atom stereocenters. The van der Waals surface area contributed by atoms with Crippen molar-refractivity contribution in [2.45, 2.75) is 32.1 Å². The number of hydrogen-bond acceptors (Lipinski definition) is 5. The number of nitrogens with one attached hydrogen (secondary N) is 1. The number of aromatic nitrogens is 2. The minimum Gasteiger partial charge on any atom is -0.353 e. The van der Waals surface area contributed by atoms with E-state index < -0.39 is 0 Å². The zero-order valence-corrected chi connectivity index (χ0v) is 15.2. The second-order valence-corrected chi connectivity index (χ2v) is 7.05. The number of benzene rings is 1. The van der Waals surface area contributed by atoms with Crippen LogP contribution in [0.4, 0.5) is 5.95 Å². The van der Waals surface area contributed by atoms with Crippen LogP contribution in [-0.2, 0) is 5.41 Å². The molecule has 5 heteroatoms. The van der Waals surface area contributed by atoms with Gasteiger partial charge < -0.3 is 10.2 Å². The van der Waals surface area contributed by atoms with Crippen LogP contribution in [0.1, 0.15) is 41.4 Å². The van der Waals surface area contributed by atoms with Crippen molar-refractivity contribution in [2.75, 3.05) is 32.0 Å². The normalized spacial score (nSPS) is 17.2. The van der Waals surface area contributed by atoms with E-state index in [0.717, 1.165) is 38.2 Å². The van der Waals surface area contributed by atoms with Crippen molar-refractivity contribution in [3.8, 4) is 0 Å². The van der Waals surface area contributed by atoms with Gasteiger partial charge in [0.2, 0.25) is 5.95 Å². The molecule has 0 unspecified atom stereocenters. The Labute approximate surface area is 149 Å². The van der Waals surface area contributed by atoms with Crippen molar-refractivity contribution < 1.29 is 4.79 Å². The minimum absolute atomic E-state index is 0.000114. The van der Waals surface area contributed by atoms with Crippen molar-refractivity contribution in [3.63, 3.8) is 0 Å². The number of likely N-dealkylation sites (tertiary alicyclic amines) is 1. The maximum Gasteiger partial charge on any atom is 0.222 e. The smallest absolute Gasteiger partial charge is 0.222 e. The molecular weight excluding hydrogens is 312 g/mol. The molecule has 1 aromatic heterocycles. The average Bonchev–Trinajstić information content (AvgIpc) is 2.62. The number of Topliss-reactive ketones (excluding diaryl/α,β-unsaturated/α-hetero) is 1. The molecule has 1 saturated heterocycles. The minimum atomic E-state index is 0.000114. The fourth-order valence-corrected chi connectivity index (χ4v) is 3.55. The number of carbonyl (C=O) groups excluding carboxylic acids is 1. The molecule has 0 radical (unpaired) electrons. The number of anilines is 1. The zero-order valence-electron chi connectivity index (χ0n) is 15.2. The van der Waals surface area contributed by atoms with Gasteiger partial charge in [0, 0.05) is 18.2 Å². The van der Waals surface area contributed by atoms with E-state index in [1.165, 1.54) is 5.56 Å². The topological polar surface area (TPSA) is 58.1 Å². The number of ketones is 1. The zero-order chi connectivity index (χ0) is 17.9. The maximum absolute atomic E-state index is 11.5. The Balaban J connectivity index is 1.80. The number of nitrogens with zero attached hydrogens (tertiary/aromatic N) is 3. The van der Waals surface area contributed by atoms with Crippen LogP contribution < -0.4 is 5.32 Å². The van der Waals surface area contributed by atoms with E-state index in [-0.39, 0.29) is 11.2 Å². The van der Waals surface area contributed by atoms with Crippen molar-refractivity contribution in [2.24, 2.45) is 0 Å². The van der Waals surface area contributed by atoms with E-state index >= 15 is 0 Å². The van der Waals surface area contributed by atoms with Gasteiger partial charge in [0.05, 0.1) is 11.3 Å². The third-order valence-electron chi connectivity index (χ3n) is 5.27. The molecule has 1 fully saturated rings. The molecule has 2 heterocycles. The highest BCUT2D eigenvalue weighted by molar-refractivity contribution is 5.94. The van der Waals surface area contributed by atoms with Gasteiger partial charge in [-0.3, -0.25) is 4.79 Å². The molecule has 0 saturated carbocycles. The number of rotatable bonds is 5. The van der Waals surface area contributed by atoms with Gasteiger partial charge in [-0.15, -0.1) is 0 Å². The van der Waals surface area contributed by atoms with Gasteiger partial charge in [-0.1, -0.05) is 30.3 Å². The highest BCUT2D eigenvalue weighted by Gasteiger charge is 2.35. The Morgan fingerprint density at radius 1 is 1.24 bits per heavy atom. The second-order valence-electron chi connectivity index (χ2n) is 7.05. The van der Waals surface area contributed by atoms with E-state index in [0.29, 0.717) is 11.5 Å². The van der Waals surface area contributed by atoms with Crippen molar-refractivity contribution in [1.82, 2.24) is 14.9 Å². The van der Waals surface area contributed by atoms with Crippen LogP contribution in [0.2, 0.25) is 0 Å². The van der Waals surface area contributed by atoms with Crippen LogP contribution >= 0.6 is 0 Å². The van der Waals surface area contributed by atoms with Crippen LogP contribution in [0.25, 0.3) is 0 Å². The molecule has 2 aromatic rings. The molecule has 3 rings (SSSR count). The Kier molecular flexibility index (Phi) is 5.13. The summed E-state index contributed by atoms with van der Waals surface area (Å²) in [5, 5.41) is 3.42. The molecule has 25 heavy (non-hydrogen) atoms. The third-order valence-corrected chi connectivity index (χ3v) is 5.27. The predicted molar refractivity (Wildman–Crippen MR) is 100 cm³/mol. The Hall–Kier alpha value is -2.27. The first-order chi connectivity index (χ1) is 12.0. The molecule has 0 amide bonds. The lowest BCUT2D eigenvalue weighted by molar-refractivity contribution is 0.101. The molecule has 0 bridgehead atoms. The second kappa shape index (κ2) is 7.31. The van der Waals surface area contributed by atoms with Crippen molar-refractivity contribution in [1.29, 1.82) is 0 Å². The summed E-state index contributed by atoms with van der Waals surface area (Å²) in [6, 6.07) is 10.7. The first kappa shape index (κ1) is 17.5. The van der Waals surface area contributed by atoms with Crippen molar-refractivity contribution >= 4 is 11.7 Å². The first-order valence-electron chi connectivity index (χ1n) is 8.83. The van der Waals surface area contributed by atoms with Gasteiger partial charge in [-0.05, 0) is 52.4 Å². The summed E-state index contributed by atoms with van der Waals surface area (Å²) in [7, 11) is 2.18. The van der Waals surface area contributed by atoms with Gasteiger partial charge in [0.25, 0.3) is 0 Å². The fourth-order valence-electron chi connectivity index (χ4n) is 3.55. The summed E-state index contributed by atoms with van der Waals surface area (Å²) in [5.41, 5.74) is 2.77. The molecule has 1 aliphatic rings. The van der Waals surface area contributed by atoms with Gasteiger partial charge >= 0.3 is 0 Å². The van der Waals surface area contributed by atoms with Gasteiger partial charge in [0.15, 0.2) is 5.78 Å². The summed E-state index contributed by atoms with van der Waals surface area (Å²) in [4.78, 5) is 22.7. The molecule has 0 aliphatic carbocycles. The Morgan fingerprint density at radius 2 is 1.92 bits per heavy atom. The summed E-state index contributed by atoms with van der Waals surface area (Å²) in [5.74, 6) is 0.594. The van der Waals surface area contributed by atoms with Gasteiger partial charge in [-0.2, -0.15) is 0 Å². The summed E-state index contributed by atoms with van der Waals surface area (Å²) in [6.45, 7) is 6.36. The van der Waals surface area contributed by atoms with Crippen LogP contribution in [0.15, 0.2) is 36.5 Å². The number of aryl methyl sites for hydroxylation is 1. The lowest BCUT2D eigenvalue weighted by atomic mass is 9.72. The average molecular weight is 338 g/mol. The first-order valence-corrected chi connectivity index (χ1v) is 8.83. The van der Waals surface area contributed by atoms with Gasteiger partial charge in [-0.25, -0.2) is 9.97 Å². The van der Waals surface area contributed by atoms with Crippen LogP contribution in [0.5, 0.6) is 0 Å². The van der Waals surface area contributed by atoms with E-state index in [1.807, 2.05) is 6.92 Å². The molecule has 0 spiro atoms. The maximum atomic E-state index is 11.5. The van der Waals surface area contributed by atoms with E-state index in [9.17, 15) is 4.79 Å². The Bertz CT molecular complexity index is 737. The molecular formula is C20H26N4O. The summed E-state index contributed by atoms with van der Waals surface area (Å²) < 4.78 is 0. The molecule has 1 aromatic carbocycles. The number of carbonyl (C=O) groups is 1. The van der Waals surface area contributed by atoms with E-state index in [4.69, 9.17) is 0 Å². The van der Waals surface area contributed by atoms with Crippen LogP contribution in [0.3, 0.4) is 0 Å². The number of piperidine rings is 1. The standard InChI is InChI=1S/C20H26N4O/c1-15-18(16(2)25)13-21-19(23-15)22-14-20(9-11-24(3)12-10-20)17-7-5-4-6-8-17/h4-8,13H,9-12,14H2,1-3H3,(H,21,22,23). The third kappa shape index (κ3) is 3.87. The predicted octanol–water partition coefficient (Wildman–Crippen LogP) is 3.06. The molecule has 1 N–H and O–H groups in total.